The summed E-state index contributed by atoms with van der Waals surface area (Å²) in [7, 11) is 1.93. The van der Waals surface area contributed by atoms with Crippen molar-refractivity contribution in [1.82, 2.24) is 24.7 Å². The van der Waals surface area contributed by atoms with E-state index in [0.29, 0.717) is 0 Å². The molecule has 138 valence electrons. The van der Waals surface area contributed by atoms with Crippen LogP contribution >= 0.6 is 0 Å². The first-order valence-electron chi connectivity index (χ1n) is 9.40. The summed E-state index contributed by atoms with van der Waals surface area (Å²) in [5.74, 6) is 1.68. The number of aromatic nitrogens is 5. The van der Waals surface area contributed by atoms with Gasteiger partial charge in [0.05, 0.1) is 12.3 Å². The Morgan fingerprint density at radius 3 is 2.63 bits per heavy atom. The fourth-order valence-electron chi connectivity index (χ4n) is 4.16. The van der Waals surface area contributed by atoms with Crippen molar-refractivity contribution in [3.63, 3.8) is 0 Å². The van der Waals surface area contributed by atoms with E-state index in [1.165, 1.54) is 5.56 Å². The Hall–Kier alpha value is -2.80. The summed E-state index contributed by atoms with van der Waals surface area (Å²) in [6.45, 7) is 2.47. The van der Waals surface area contributed by atoms with Gasteiger partial charge in [0.25, 0.3) is 0 Å². The van der Waals surface area contributed by atoms with Crippen molar-refractivity contribution in [2.24, 2.45) is 7.05 Å². The number of hydrogen-bond acceptors (Lipinski definition) is 6. The summed E-state index contributed by atoms with van der Waals surface area (Å²) in [5, 5.41) is 4.19. The second kappa shape index (κ2) is 6.42. The van der Waals surface area contributed by atoms with Gasteiger partial charge >= 0.3 is 0 Å². The number of rotatable bonds is 2. The van der Waals surface area contributed by atoms with Crippen LogP contribution in [-0.2, 0) is 23.8 Å². The van der Waals surface area contributed by atoms with Crippen molar-refractivity contribution in [1.29, 1.82) is 0 Å². The average Bonchev–Trinajstić information content (AvgIpc) is 3.15. The highest BCUT2D eigenvalue weighted by molar-refractivity contribution is 5.55. The molecule has 0 bridgehead atoms. The lowest BCUT2D eigenvalue weighted by molar-refractivity contribution is -0.0802. The zero-order valence-corrected chi connectivity index (χ0v) is 15.4. The first-order chi connectivity index (χ1) is 13.3. The van der Waals surface area contributed by atoms with E-state index in [-0.39, 0.29) is 5.60 Å². The smallest absolute Gasteiger partial charge is 0.223 e. The molecule has 1 saturated heterocycles. The van der Waals surface area contributed by atoms with Crippen LogP contribution in [0.25, 0.3) is 11.4 Å². The van der Waals surface area contributed by atoms with Gasteiger partial charge in [-0.2, -0.15) is 10.1 Å². The summed E-state index contributed by atoms with van der Waals surface area (Å²) in [6, 6.07) is 10.1. The molecule has 0 N–H and O–H groups in total. The van der Waals surface area contributed by atoms with Gasteiger partial charge in [0.2, 0.25) is 5.95 Å². The Balaban J connectivity index is 1.47. The molecule has 0 amide bonds. The van der Waals surface area contributed by atoms with Crippen LogP contribution in [0.4, 0.5) is 5.95 Å². The Morgan fingerprint density at radius 1 is 1.07 bits per heavy atom. The normalized spacial score (nSPS) is 18.5. The highest BCUT2D eigenvalue weighted by Crippen LogP contribution is 2.41. The van der Waals surface area contributed by atoms with Gasteiger partial charge < -0.3 is 9.64 Å². The first kappa shape index (κ1) is 16.4. The molecule has 0 saturated carbocycles. The van der Waals surface area contributed by atoms with Crippen LogP contribution in [0.5, 0.6) is 0 Å². The first-order valence-corrected chi connectivity index (χ1v) is 9.40. The summed E-state index contributed by atoms with van der Waals surface area (Å²) in [5.41, 5.74) is 3.00. The maximum atomic E-state index is 6.36. The minimum atomic E-state index is -0.324. The number of hydrogen-bond donors (Lipinski definition) is 0. The van der Waals surface area contributed by atoms with Gasteiger partial charge in [0.1, 0.15) is 11.9 Å². The highest BCUT2D eigenvalue weighted by Gasteiger charge is 2.43. The fourth-order valence-corrected chi connectivity index (χ4v) is 4.16. The molecule has 4 heterocycles. The van der Waals surface area contributed by atoms with E-state index >= 15 is 0 Å². The second-order valence-corrected chi connectivity index (χ2v) is 7.20. The molecule has 5 rings (SSSR count). The third-order valence-electron chi connectivity index (χ3n) is 5.62. The number of aryl methyl sites for hydroxylation is 1. The van der Waals surface area contributed by atoms with Gasteiger partial charge in [0, 0.05) is 31.9 Å². The molecule has 2 aliphatic rings. The summed E-state index contributed by atoms with van der Waals surface area (Å²) in [4.78, 5) is 16.2. The van der Waals surface area contributed by atoms with Crippen molar-refractivity contribution in [2.75, 3.05) is 24.6 Å². The number of benzene rings is 1. The molecule has 1 fully saturated rings. The lowest BCUT2D eigenvalue weighted by Crippen LogP contribution is -2.48. The third kappa shape index (κ3) is 2.78. The fraction of sp³-hybridized carbons (Fsp3) is 0.400. The Kier molecular flexibility index (Phi) is 3.89. The molecule has 7 heteroatoms. The lowest BCUT2D eigenvalue weighted by atomic mass is 9.83. The van der Waals surface area contributed by atoms with Gasteiger partial charge in [-0.15, -0.1) is 0 Å². The van der Waals surface area contributed by atoms with E-state index < -0.39 is 0 Å². The maximum absolute atomic E-state index is 6.36. The van der Waals surface area contributed by atoms with Gasteiger partial charge in [-0.1, -0.05) is 30.3 Å². The largest absolute Gasteiger partial charge is 0.368 e. The van der Waals surface area contributed by atoms with E-state index in [1.807, 2.05) is 36.1 Å². The molecule has 3 aromatic rings. The van der Waals surface area contributed by atoms with Crippen LogP contribution in [0.3, 0.4) is 0 Å². The number of fused-ring (bicyclic) bond motifs is 2. The summed E-state index contributed by atoms with van der Waals surface area (Å²) in [6.07, 6.45) is 6.24. The van der Waals surface area contributed by atoms with Crippen molar-refractivity contribution < 1.29 is 4.74 Å². The van der Waals surface area contributed by atoms with Crippen LogP contribution in [0, 0.1) is 0 Å². The molecule has 7 nitrogen and oxygen atoms in total. The van der Waals surface area contributed by atoms with Crippen LogP contribution in [0.1, 0.15) is 24.1 Å². The minimum absolute atomic E-state index is 0.324. The number of anilines is 1. The molecular weight excluding hydrogens is 340 g/mol. The monoisotopic (exact) mass is 362 g/mol. The molecule has 0 aliphatic carbocycles. The van der Waals surface area contributed by atoms with E-state index in [4.69, 9.17) is 9.72 Å². The molecule has 27 heavy (non-hydrogen) atoms. The number of piperidine rings is 1. The Labute approximate surface area is 158 Å². The molecule has 0 radical (unpaired) electrons. The number of nitrogens with zero attached hydrogens (tertiary/aromatic N) is 6. The van der Waals surface area contributed by atoms with Gasteiger partial charge in [-0.3, -0.25) is 0 Å². The van der Waals surface area contributed by atoms with Crippen molar-refractivity contribution >= 4 is 5.95 Å². The van der Waals surface area contributed by atoms with Gasteiger partial charge in [0.15, 0.2) is 5.82 Å². The van der Waals surface area contributed by atoms with Gasteiger partial charge in [-0.25, -0.2) is 14.6 Å². The average molecular weight is 362 g/mol. The molecule has 2 aliphatic heterocycles. The second-order valence-electron chi connectivity index (χ2n) is 7.20. The van der Waals surface area contributed by atoms with E-state index in [1.54, 1.807) is 6.33 Å². The standard InChI is InChI=1S/C20H22N6O/c1-25-19(22-14-23-25)26-10-8-20(9-11-26)17-16(7-12-27-20)13-21-18(24-17)15-5-3-2-4-6-15/h2-6,13-14H,7-12H2,1H3. The maximum Gasteiger partial charge on any atom is 0.223 e. The zero-order chi connectivity index (χ0) is 18.3. The molecule has 1 aromatic carbocycles. The Morgan fingerprint density at radius 2 is 1.89 bits per heavy atom. The van der Waals surface area contributed by atoms with Crippen molar-refractivity contribution in [2.45, 2.75) is 24.9 Å². The van der Waals surface area contributed by atoms with Crippen LogP contribution in [0.2, 0.25) is 0 Å². The van der Waals surface area contributed by atoms with Crippen molar-refractivity contribution in [3.8, 4) is 11.4 Å². The third-order valence-corrected chi connectivity index (χ3v) is 5.62. The minimum Gasteiger partial charge on any atom is -0.368 e. The van der Waals surface area contributed by atoms with E-state index in [2.05, 4.69) is 32.1 Å². The van der Waals surface area contributed by atoms with Crippen molar-refractivity contribution in [3.05, 3.63) is 54.1 Å². The molecule has 2 aromatic heterocycles. The summed E-state index contributed by atoms with van der Waals surface area (Å²) < 4.78 is 8.18. The van der Waals surface area contributed by atoms with E-state index in [0.717, 1.165) is 62.0 Å². The van der Waals surface area contributed by atoms with Crippen LogP contribution < -0.4 is 4.90 Å². The molecular formula is C20H22N6O. The number of ether oxygens (including phenoxy) is 1. The van der Waals surface area contributed by atoms with Crippen LogP contribution in [-0.4, -0.2) is 44.4 Å². The van der Waals surface area contributed by atoms with Gasteiger partial charge in [-0.05, 0) is 24.8 Å². The lowest BCUT2D eigenvalue weighted by Gasteiger charge is -2.44. The van der Waals surface area contributed by atoms with Crippen LogP contribution in [0.15, 0.2) is 42.9 Å². The molecule has 1 spiro atoms. The Bertz CT molecular complexity index is 946. The SMILES string of the molecule is Cn1ncnc1N1CCC2(CC1)OCCc1cnc(-c3ccccc3)nc12. The quantitative estimate of drug-likeness (QED) is 0.697. The zero-order valence-electron chi connectivity index (χ0n) is 15.4. The van der Waals surface area contributed by atoms with E-state index in [9.17, 15) is 0 Å². The highest BCUT2D eigenvalue weighted by atomic mass is 16.5. The summed E-state index contributed by atoms with van der Waals surface area (Å²) >= 11 is 0. The molecule has 0 atom stereocenters. The predicted octanol–water partition coefficient (Wildman–Crippen LogP) is 2.34. The molecule has 0 unspecified atom stereocenters. The predicted molar refractivity (Wildman–Crippen MR) is 101 cm³/mol. The topological polar surface area (TPSA) is 69.0 Å².